The van der Waals surface area contributed by atoms with Crippen molar-refractivity contribution in [1.82, 2.24) is 5.32 Å². The van der Waals surface area contributed by atoms with Crippen molar-refractivity contribution in [2.45, 2.75) is 38.7 Å². The van der Waals surface area contributed by atoms with Crippen molar-refractivity contribution in [2.24, 2.45) is 0 Å². The number of hydrogen-bond acceptors (Lipinski definition) is 2. The minimum atomic E-state index is -2.48. The first kappa shape index (κ1) is 17.9. The summed E-state index contributed by atoms with van der Waals surface area (Å²) in [7, 11) is 0. The van der Waals surface area contributed by atoms with E-state index < -0.39 is 24.7 Å². The van der Waals surface area contributed by atoms with E-state index in [4.69, 9.17) is 4.74 Å². The molecule has 1 unspecified atom stereocenters. The van der Waals surface area contributed by atoms with E-state index in [1.165, 1.54) is 12.1 Å². The van der Waals surface area contributed by atoms with Crippen molar-refractivity contribution < 1.29 is 22.3 Å². The summed E-state index contributed by atoms with van der Waals surface area (Å²) in [5.74, 6) is -1.21. The van der Waals surface area contributed by atoms with Gasteiger partial charge in [-0.2, -0.15) is 0 Å². The van der Waals surface area contributed by atoms with Gasteiger partial charge in [0, 0.05) is 18.7 Å². The second kappa shape index (κ2) is 9.73. The van der Waals surface area contributed by atoms with Crippen LogP contribution in [-0.4, -0.2) is 32.2 Å². The molecule has 0 spiro atoms. The topological polar surface area (TPSA) is 21.3 Å². The fourth-order valence-electron chi connectivity index (χ4n) is 1.98. The highest BCUT2D eigenvalue weighted by Crippen LogP contribution is 2.13. The highest BCUT2D eigenvalue weighted by atomic mass is 19.3. The Bertz CT molecular complexity index is 415. The van der Waals surface area contributed by atoms with Crippen LogP contribution in [0.5, 0.6) is 0 Å². The van der Waals surface area contributed by atoms with Gasteiger partial charge < -0.3 is 10.1 Å². The SMILES string of the molecule is CCCNC(CCOCC(F)F)Cc1ccc(F)cc1F. The highest BCUT2D eigenvalue weighted by Gasteiger charge is 2.13. The molecule has 1 aromatic rings. The lowest BCUT2D eigenvalue weighted by Crippen LogP contribution is -2.33. The van der Waals surface area contributed by atoms with Crippen molar-refractivity contribution in [2.75, 3.05) is 19.8 Å². The normalized spacial score (nSPS) is 12.9. The predicted molar refractivity (Wildman–Crippen MR) is 73.6 cm³/mol. The summed E-state index contributed by atoms with van der Waals surface area (Å²) in [4.78, 5) is 0. The number of ether oxygens (including phenoxy) is 1. The zero-order valence-electron chi connectivity index (χ0n) is 12.0. The third kappa shape index (κ3) is 7.43. The van der Waals surface area contributed by atoms with E-state index in [1.54, 1.807) is 0 Å². The van der Waals surface area contributed by atoms with Gasteiger partial charge in [-0.25, -0.2) is 17.6 Å². The molecule has 0 heterocycles. The molecule has 0 bridgehead atoms. The van der Waals surface area contributed by atoms with Gasteiger partial charge in [-0.15, -0.1) is 0 Å². The van der Waals surface area contributed by atoms with Crippen LogP contribution >= 0.6 is 0 Å². The molecule has 0 fully saturated rings. The van der Waals surface area contributed by atoms with Gasteiger partial charge in [-0.05, 0) is 37.4 Å². The van der Waals surface area contributed by atoms with Gasteiger partial charge in [0.2, 0.25) is 0 Å². The van der Waals surface area contributed by atoms with Crippen LogP contribution in [-0.2, 0) is 11.2 Å². The van der Waals surface area contributed by atoms with Crippen LogP contribution in [0.2, 0.25) is 0 Å². The van der Waals surface area contributed by atoms with Gasteiger partial charge in [0.05, 0.1) is 0 Å². The largest absolute Gasteiger partial charge is 0.375 e. The van der Waals surface area contributed by atoms with Crippen LogP contribution in [0.1, 0.15) is 25.3 Å². The minimum Gasteiger partial charge on any atom is -0.375 e. The van der Waals surface area contributed by atoms with Gasteiger partial charge in [-0.1, -0.05) is 13.0 Å². The summed E-state index contributed by atoms with van der Waals surface area (Å²) >= 11 is 0. The van der Waals surface area contributed by atoms with Crippen molar-refractivity contribution >= 4 is 0 Å². The second-order valence-corrected chi connectivity index (χ2v) is 4.85. The molecule has 1 N–H and O–H groups in total. The molecule has 21 heavy (non-hydrogen) atoms. The van der Waals surface area contributed by atoms with Crippen LogP contribution in [0.15, 0.2) is 18.2 Å². The maximum absolute atomic E-state index is 13.6. The summed E-state index contributed by atoms with van der Waals surface area (Å²) in [6.07, 6.45) is -0.727. The maximum Gasteiger partial charge on any atom is 0.261 e. The first-order valence-electron chi connectivity index (χ1n) is 7.06. The molecule has 1 atom stereocenters. The number of hydrogen-bond donors (Lipinski definition) is 1. The third-order valence-electron chi connectivity index (χ3n) is 3.02. The minimum absolute atomic E-state index is 0.0948. The zero-order chi connectivity index (χ0) is 15.7. The number of rotatable bonds is 10. The number of alkyl halides is 2. The molecule has 0 saturated carbocycles. The van der Waals surface area contributed by atoms with Crippen molar-refractivity contribution in [3.8, 4) is 0 Å². The first-order valence-corrected chi connectivity index (χ1v) is 7.06. The van der Waals surface area contributed by atoms with E-state index in [1.807, 2.05) is 6.92 Å². The summed E-state index contributed by atoms with van der Waals surface area (Å²) < 4.78 is 55.3. The molecule has 0 saturated heterocycles. The van der Waals surface area contributed by atoms with E-state index in [-0.39, 0.29) is 12.6 Å². The molecular weight excluding hydrogens is 286 g/mol. The Labute approximate surface area is 122 Å². The van der Waals surface area contributed by atoms with Crippen molar-refractivity contribution in [1.29, 1.82) is 0 Å². The Morgan fingerprint density at radius 2 is 2.00 bits per heavy atom. The molecule has 0 aromatic heterocycles. The molecule has 0 amide bonds. The monoisotopic (exact) mass is 307 g/mol. The van der Waals surface area contributed by atoms with E-state index in [0.717, 1.165) is 19.0 Å². The Hall–Kier alpha value is -1.14. The molecule has 6 heteroatoms. The van der Waals surface area contributed by atoms with Crippen LogP contribution < -0.4 is 5.32 Å². The number of halogens is 4. The molecule has 0 radical (unpaired) electrons. The standard InChI is InChI=1S/C15H21F4NO/c1-2-6-20-13(5-7-21-10-15(18)19)8-11-3-4-12(16)9-14(11)17/h3-4,9,13,15,20H,2,5-8,10H2,1H3. The van der Waals surface area contributed by atoms with Gasteiger partial charge in [0.1, 0.15) is 18.2 Å². The summed E-state index contributed by atoms with van der Waals surface area (Å²) in [5.41, 5.74) is 0.402. The average molecular weight is 307 g/mol. The maximum atomic E-state index is 13.6. The molecular formula is C15H21F4NO. The third-order valence-corrected chi connectivity index (χ3v) is 3.02. The highest BCUT2D eigenvalue weighted by molar-refractivity contribution is 5.19. The molecule has 0 aliphatic carbocycles. The molecule has 1 aromatic carbocycles. The van der Waals surface area contributed by atoms with Gasteiger partial charge in [-0.3, -0.25) is 0 Å². The fraction of sp³-hybridized carbons (Fsp3) is 0.600. The summed E-state index contributed by atoms with van der Waals surface area (Å²) in [6, 6.07) is 3.37. The Morgan fingerprint density at radius 1 is 1.24 bits per heavy atom. The van der Waals surface area contributed by atoms with E-state index >= 15 is 0 Å². The summed E-state index contributed by atoms with van der Waals surface area (Å²) in [5, 5.41) is 3.22. The van der Waals surface area contributed by atoms with Gasteiger partial charge in [0.25, 0.3) is 6.43 Å². The lowest BCUT2D eigenvalue weighted by atomic mass is 10.0. The van der Waals surface area contributed by atoms with Crippen LogP contribution in [0.25, 0.3) is 0 Å². The van der Waals surface area contributed by atoms with Gasteiger partial charge in [0.15, 0.2) is 0 Å². The number of benzene rings is 1. The Balaban J connectivity index is 2.51. The van der Waals surface area contributed by atoms with Crippen molar-refractivity contribution in [3.05, 3.63) is 35.4 Å². The fourth-order valence-corrected chi connectivity index (χ4v) is 1.98. The van der Waals surface area contributed by atoms with Crippen molar-refractivity contribution in [3.63, 3.8) is 0 Å². The second-order valence-electron chi connectivity index (χ2n) is 4.85. The number of nitrogens with one attached hydrogen (secondary N) is 1. The molecule has 120 valence electrons. The van der Waals surface area contributed by atoms with Crippen LogP contribution in [0.3, 0.4) is 0 Å². The first-order chi connectivity index (χ1) is 10.0. The lowest BCUT2D eigenvalue weighted by molar-refractivity contribution is 0.0144. The summed E-state index contributed by atoms with van der Waals surface area (Å²) in [6.45, 7) is 2.32. The van der Waals surface area contributed by atoms with E-state index in [0.29, 0.717) is 18.4 Å². The Kier molecular flexibility index (Phi) is 8.30. The van der Waals surface area contributed by atoms with E-state index in [9.17, 15) is 17.6 Å². The predicted octanol–water partition coefficient (Wildman–Crippen LogP) is 3.55. The van der Waals surface area contributed by atoms with Gasteiger partial charge >= 0.3 is 0 Å². The average Bonchev–Trinajstić information content (AvgIpc) is 2.43. The molecule has 1 rings (SSSR count). The van der Waals surface area contributed by atoms with E-state index in [2.05, 4.69) is 5.32 Å². The van der Waals surface area contributed by atoms with Crippen LogP contribution in [0.4, 0.5) is 17.6 Å². The molecule has 0 aliphatic rings. The quantitative estimate of drug-likeness (QED) is 0.527. The zero-order valence-corrected chi connectivity index (χ0v) is 12.0. The van der Waals surface area contributed by atoms with Crippen LogP contribution in [0, 0.1) is 11.6 Å². The Morgan fingerprint density at radius 3 is 2.62 bits per heavy atom. The smallest absolute Gasteiger partial charge is 0.261 e. The lowest BCUT2D eigenvalue weighted by Gasteiger charge is -2.19. The molecule has 0 aliphatic heterocycles. The molecule has 2 nitrogen and oxygen atoms in total.